The molecule has 1 saturated carbocycles. The number of benzene rings is 2. The molecule has 2 atom stereocenters. The van der Waals surface area contributed by atoms with Crippen LogP contribution in [-0.4, -0.2) is 5.91 Å². The predicted octanol–water partition coefficient (Wildman–Crippen LogP) is 4.19. The highest BCUT2D eigenvalue weighted by atomic mass is 79.9. The maximum atomic E-state index is 12.1. The van der Waals surface area contributed by atoms with Gasteiger partial charge in [-0.3, -0.25) is 4.79 Å². The average Bonchev–Trinajstić information content (AvgIpc) is 3.23. The second-order valence-corrected chi connectivity index (χ2v) is 5.77. The zero-order chi connectivity index (χ0) is 13.2. The van der Waals surface area contributed by atoms with Crippen molar-refractivity contribution >= 4 is 27.5 Å². The second-order valence-electron chi connectivity index (χ2n) is 4.86. The van der Waals surface area contributed by atoms with Crippen LogP contribution in [-0.2, 0) is 4.79 Å². The van der Waals surface area contributed by atoms with Crippen molar-refractivity contribution in [2.75, 3.05) is 5.32 Å². The normalized spacial score (nSPS) is 20.9. The van der Waals surface area contributed by atoms with Gasteiger partial charge in [0.1, 0.15) is 0 Å². The molecule has 1 amide bonds. The van der Waals surface area contributed by atoms with Gasteiger partial charge < -0.3 is 5.32 Å². The molecule has 3 rings (SSSR count). The van der Waals surface area contributed by atoms with E-state index >= 15 is 0 Å². The third-order valence-electron chi connectivity index (χ3n) is 3.47. The van der Waals surface area contributed by atoms with E-state index in [1.165, 1.54) is 5.56 Å². The van der Waals surface area contributed by atoms with Crippen LogP contribution in [0.5, 0.6) is 0 Å². The Morgan fingerprint density at radius 3 is 2.42 bits per heavy atom. The SMILES string of the molecule is O=C(Nc1ccc(Br)cc1)C1CC1c1ccccc1. The summed E-state index contributed by atoms with van der Waals surface area (Å²) in [5, 5.41) is 2.97. The molecule has 0 aliphatic heterocycles. The van der Waals surface area contributed by atoms with Crippen LogP contribution in [0.15, 0.2) is 59.1 Å². The fourth-order valence-corrected chi connectivity index (χ4v) is 2.59. The quantitative estimate of drug-likeness (QED) is 0.904. The van der Waals surface area contributed by atoms with Crippen LogP contribution in [0, 0.1) is 5.92 Å². The predicted molar refractivity (Wildman–Crippen MR) is 80.1 cm³/mol. The highest BCUT2D eigenvalue weighted by molar-refractivity contribution is 9.10. The van der Waals surface area contributed by atoms with Crippen molar-refractivity contribution in [1.29, 1.82) is 0 Å². The summed E-state index contributed by atoms with van der Waals surface area (Å²) < 4.78 is 1.01. The lowest BCUT2D eigenvalue weighted by atomic mass is 10.1. The highest BCUT2D eigenvalue weighted by Crippen LogP contribution is 2.47. The first kappa shape index (κ1) is 12.4. The smallest absolute Gasteiger partial charge is 0.228 e. The molecule has 2 unspecified atom stereocenters. The summed E-state index contributed by atoms with van der Waals surface area (Å²) in [5.74, 6) is 0.624. The third kappa shape index (κ3) is 2.87. The average molecular weight is 316 g/mol. The molecule has 0 bridgehead atoms. The fraction of sp³-hybridized carbons (Fsp3) is 0.188. The minimum atomic E-state index is 0.117. The van der Waals surface area contributed by atoms with Gasteiger partial charge in [-0.2, -0.15) is 0 Å². The molecule has 0 heterocycles. The molecule has 19 heavy (non-hydrogen) atoms. The number of rotatable bonds is 3. The molecule has 0 spiro atoms. The van der Waals surface area contributed by atoms with Gasteiger partial charge in [0.15, 0.2) is 0 Å². The summed E-state index contributed by atoms with van der Waals surface area (Å²) in [6.45, 7) is 0. The number of hydrogen-bond donors (Lipinski definition) is 1. The van der Waals surface area contributed by atoms with Gasteiger partial charge >= 0.3 is 0 Å². The summed E-state index contributed by atoms with van der Waals surface area (Å²) in [6.07, 6.45) is 0.951. The molecular formula is C16H14BrNO. The molecule has 2 aromatic carbocycles. The van der Waals surface area contributed by atoms with E-state index in [4.69, 9.17) is 0 Å². The first-order chi connectivity index (χ1) is 9.24. The Labute approximate surface area is 121 Å². The zero-order valence-electron chi connectivity index (χ0n) is 10.3. The van der Waals surface area contributed by atoms with Gasteiger partial charge in [0.05, 0.1) is 0 Å². The van der Waals surface area contributed by atoms with Crippen molar-refractivity contribution in [1.82, 2.24) is 0 Å². The number of carbonyl (C=O) groups is 1. The summed E-state index contributed by atoms with van der Waals surface area (Å²) in [4.78, 5) is 12.1. The van der Waals surface area contributed by atoms with Gasteiger partial charge in [-0.25, -0.2) is 0 Å². The van der Waals surface area contributed by atoms with Gasteiger partial charge in [0.2, 0.25) is 5.91 Å². The van der Waals surface area contributed by atoms with E-state index in [1.807, 2.05) is 42.5 Å². The largest absolute Gasteiger partial charge is 0.326 e. The molecule has 1 N–H and O–H groups in total. The maximum absolute atomic E-state index is 12.1. The van der Waals surface area contributed by atoms with Crippen LogP contribution in [0.3, 0.4) is 0 Å². The lowest BCUT2D eigenvalue weighted by Crippen LogP contribution is -2.14. The molecule has 3 heteroatoms. The Morgan fingerprint density at radius 2 is 1.74 bits per heavy atom. The van der Waals surface area contributed by atoms with E-state index < -0.39 is 0 Å². The molecule has 2 nitrogen and oxygen atoms in total. The fourth-order valence-electron chi connectivity index (χ4n) is 2.32. The Bertz CT molecular complexity index is 579. The Hall–Kier alpha value is -1.61. The summed E-state index contributed by atoms with van der Waals surface area (Å²) >= 11 is 3.38. The lowest BCUT2D eigenvalue weighted by molar-refractivity contribution is -0.117. The van der Waals surface area contributed by atoms with Gasteiger partial charge in [0.25, 0.3) is 0 Å². The molecular weight excluding hydrogens is 302 g/mol. The Kier molecular flexibility index (Phi) is 3.38. The van der Waals surface area contributed by atoms with Crippen LogP contribution >= 0.6 is 15.9 Å². The number of nitrogens with one attached hydrogen (secondary N) is 1. The van der Waals surface area contributed by atoms with Crippen LogP contribution in [0.2, 0.25) is 0 Å². The summed E-state index contributed by atoms with van der Waals surface area (Å²) in [5.41, 5.74) is 2.12. The number of carbonyl (C=O) groups excluding carboxylic acids is 1. The van der Waals surface area contributed by atoms with Gasteiger partial charge in [-0.1, -0.05) is 46.3 Å². The highest BCUT2D eigenvalue weighted by Gasteiger charge is 2.43. The first-order valence-corrected chi connectivity index (χ1v) is 7.15. The number of hydrogen-bond acceptors (Lipinski definition) is 1. The van der Waals surface area contributed by atoms with Crippen LogP contribution in [0.25, 0.3) is 0 Å². The molecule has 96 valence electrons. The van der Waals surface area contributed by atoms with E-state index in [2.05, 4.69) is 33.4 Å². The minimum Gasteiger partial charge on any atom is -0.326 e. The van der Waals surface area contributed by atoms with Crippen molar-refractivity contribution in [3.8, 4) is 0 Å². The molecule has 0 saturated heterocycles. The Balaban J connectivity index is 1.63. The Morgan fingerprint density at radius 1 is 1.05 bits per heavy atom. The molecule has 1 aliphatic carbocycles. The lowest BCUT2D eigenvalue weighted by Gasteiger charge is -2.05. The molecule has 0 radical (unpaired) electrons. The van der Waals surface area contributed by atoms with E-state index in [0.29, 0.717) is 5.92 Å². The summed E-state index contributed by atoms with van der Waals surface area (Å²) in [7, 11) is 0. The molecule has 1 aliphatic rings. The van der Waals surface area contributed by atoms with Crippen LogP contribution < -0.4 is 5.32 Å². The second kappa shape index (κ2) is 5.17. The minimum absolute atomic E-state index is 0.117. The number of halogens is 1. The molecule has 1 fully saturated rings. The summed E-state index contributed by atoms with van der Waals surface area (Å²) in [6, 6.07) is 17.9. The van der Waals surface area contributed by atoms with Crippen molar-refractivity contribution in [3.05, 3.63) is 64.6 Å². The number of amides is 1. The van der Waals surface area contributed by atoms with E-state index in [0.717, 1.165) is 16.6 Å². The zero-order valence-corrected chi connectivity index (χ0v) is 11.9. The van der Waals surface area contributed by atoms with Gasteiger partial charge in [-0.05, 0) is 42.2 Å². The van der Waals surface area contributed by atoms with Crippen LogP contribution in [0.1, 0.15) is 17.9 Å². The van der Waals surface area contributed by atoms with Gasteiger partial charge in [-0.15, -0.1) is 0 Å². The van der Waals surface area contributed by atoms with E-state index in [9.17, 15) is 4.79 Å². The van der Waals surface area contributed by atoms with Crippen molar-refractivity contribution in [3.63, 3.8) is 0 Å². The molecule has 0 aromatic heterocycles. The van der Waals surface area contributed by atoms with Crippen molar-refractivity contribution in [2.45, 2.75) is 12.3 Å². The molecule has 2 aromatic rings. The van der Waals surface area contributed by atoms with Gasteiger partial charge in [0, 0.05) is 16.1 Å². The van der Waals surface area contributed by atoms with E-state index in [-0.39, 0.29) is 11.8 Å². The standard InChI is InChI=1S/C16H14BrNO/c17-12-6-8-13(9-7-12)18-16(19)15-10-14(15)11-4-2-1-3-5-11/h1-9,14-15H,10H2,(H,18,19). The topological polar surface area (TPSA) is 29.1 Å². The first-order valence-electron chi connectivity index (χ1n) is 6.35. The van der Waals surface area contributed by atoms with Crippen molar-refractivity contribution in [2.24, 2.45) is 5.92 Å². The van der Waals surface area contributed by atoms with Crippen LogP contribution in [0.4, 0.5) is 5.69 Å². The number of anilines is 1. The van der Waals surface area contributed by atoms with E-state index in [1.54, 1.807) is 0 Å². The maximum Gasteiger partial charge on any atom is 0.228 e. The third-order valence-corrected chi connectivity index (χ3v) is 4.00. The monoisotopic (exact) mass is 315 g/mol. The van der Waals surface area contributed by atoms with Crippen molar-refractivity contribution < 1.29 is 4.79 Å².